The fourth-order valence-corrected chi connectivity index (χ4v) is 3.36. The molecular formula is C14H21N3OS. The number of nitrogens with one attached hydrogen (secondary N) is 1. The molecule has 1 N–H and O–H groups in total. The highest BCUT2D eigenvalue weighted by atomic mass is 32.2. The molecule has 1 aliphatic rings. The van der Waals surface area contributed by atoms with E-state index in [1.54, 1.807) is 0 Å². The van der Waals surface area contributed by atoms with Gasteiger partial charge in [-0.3, -0.25) is 5.32 Å². The van der Waals surface area contributed by atoms with Crippen LogP contribution in [0, 0.1) is 12.8 Å². The Balaban J connectivity index is 1.96. The number of aryl methyl sites for hydroxylation is 1. The van der Waals surface area contributed by atoms with E-state index >= 15 is 0 Å². The quantitative estimate of drug-likeness (QED) is 0.905. The van der Waals surface area contributed by atoms with E-state index in [9.17, 15) is 4.79 Å². The van der Waals surface area contributed by atoms with Crippen LogP contribution in [0.1, 0.15) is 19.5 Å². The molecule has 4 nitrogen and oxygen atoms in total. The number of anilines is 1. The molecule has 0 bridgehead atoms. The standard InChI is InChI=1S/C14H21N3OS/c1-10(2)12-9-17(7-8-19-12)14(18)16-13-6-4-5-11(3)15-13/h4-6,10,12H,7-9H2,1-3H3,(H,15,16,18)/t12-/m0/s1. The van der Waals surface area contributed by atoms with Crippen LogP contribution in [0.5, 0.6) is 0 Å². The second-order valence-corrected chi connectivity index (χ2v) is 6.54. The Morgan fingerprint density at radius 2 is 2.32 bits per heavy atom. The minimum atomic E-state index is -0.0379. The molecule has 0 unspecified atom stereocenters. The average Bonchev–Trinajstić information content (AvgIpc) is 2.39. The molecule has 0 aliphatic carbocycles. The molecule has 1 atom stereocenters. The third kappa shape index (κ3) is 3.86. The molecule has 104 valence electrons. The van der Waals surface area contributed by atoms with Gasteiger partial charge in [0.2, 0.25) is 0 Å². The topological polar surface area (TPSA) is 45.2 Å². The maximum atomic E-state index is 12.2. The smallest absolute Gasteiger partial charge is 0.323 e. The second kappa shape index (κ2) is 6.28. The minimum Gasteiger partial charge on any atom is -0.323 e. The predicted molar refractivity (Wildman–Crippen MR) is 80.6 cm³/mol. The van der Waals surface area contributed by atoms with Crippen molar-refractivity contribution in [3.63, 3.8) is 0 Å². The zero-order chi connectivity index (χ0) is 13.8. The highest BCUT2D eigenvalue weighted by Gasteiger charge is 2.26. The van der Waals surface area contributed by atoms with E-state index in [-0.39, 0.29) is 6.03 Å². The number of hydrogen-bond donors (Lipinski definition) is 1. The Morgan fingerprint density at radius 1 is 1.53 bits per heavy atom. The van der Waals surface area contributed by atoms with Gasteiger partial charge in [0.15, 0.2) is 0 Å². The summed E-state index contributed by atoms with van der Waals surface area (Å²) in [5, 5.41) is 3.41. The van der Waals surface area contributed by atoms with E-state index < -0.39 is 0 Å². The Hall–Kier alpha value is -1.23. The van der Waals surface area contributed by atoms with Gasteiger partial charge in [-0.05, 0) is 25.0 Å². The maximum absolute atomic E-state index is 12.2. The molecule has 5 heteroatoms. The summed E-state index contributed by atoms with van der Waals surface area (Å²) in [4.78, 5) is 18.4. The zero-order valence-electron chi connectivity index (χ0n) is 11.7. The number of nitrogens with zero attached hydrogens (tertiary/aromatic N) is 2. The summed E-state index contributed by atoms with van der Waals surface area (Å²) < 4.78 is 0. The summed E-state index contributed by atoms with van der Waals surface area (Å²) in [6, 6.07) is 5.61. The lowest BCUT2D eigenvalue weighted by Gasteiger charge is -2.34. The van der Waals surface area contributed by atoms with Gasteiger partial charge in [-0.25, -0.2) is 9.78 Å². The summed E-state index contributed by atoms with van der Waals surface area (Å²) in [7, 11) is 0. The first kappa shape index (κ1) is 14.2. The van der Waals surface area contributed by atoms with Crippen molar-refractivity contribution in [2.75, 3.05) is 24.2 Å². The Bertz CT molecular complexity index is 450. The van der Waals surface area contributed by atoms with Crippen LogP contribution in [0.25, 0.3) is 0 Å². The first-order chi connectivity index (χ1) is 9.06. The monoisotopic (exact) mass is 279 g/mol. The maximum Gasteiger partial charge on any atom is 0.323 e. The van der Waals surface area contributed by atoms with E-state index in [1.165, 1.54) is 0 Å². The number of hydrogen-bond acceptors (Lipinski definition) is 3. The van der Waals surface area contributed by atoms with Crippen LogP contribution in [0.3, 0.4) is 0 Å². The number of thioether (sulfide) groups is 1. The molecule has 1 aliphatic heterocycles. The highest BCUT2D eigenvalue weighted by Crippen LogP contribution is 2.25. The molecular weight excluding hydrogens is 258 g/mol. The van der Waals surface area contributed by atoms with Crippen LogP contribution in [-0.2, 0) is 0 Å². The van der Waals surface area contributed by atoms with Crippen LogP contribution >= 0.6 is 11.8 Å². The zero-order valence-corrected chi connectivity index (χ0v) is 12.5. The van der Waals surface area contributed by atoms with Gasteiger partial charge in [-0.1, -0.05) is 19.9 Å². The highest BCUT2D eigenvalue weighted by molar-refractivity contribution is 8.00. The van der Waals surface area contributed by atoms with Gasteiger partial charge >= 0.3 is 6.03 Å². The first-order valence-electron chi connectivity index (χ1n) is 6.67. The van der Waals surface area contributed by atoms with E-state index in [1.807, 2.05) is 41.8 Å². The number of carbonyl (C=O) groups excluding carboxylic acids is 1. The van der Waals surface area contributed by atoms with Crippen LogP contribution in [0.15, 0.2) is 18.2 Å². The molecule has 0 spiro atoms. The molecule has 0 radical (unpaired) electrons. The molecule has 2 heterocycles. The normalized spacial score (nSPS) is 19.6. The van der Waals surface area contributed by atoms with Crippen LogP contribution in [-0.4, -0.2) is 40.0 Å². The summed E-state index contributed by atoms with van der Waals surface area (Å²) in [5.41, 5.74) is 0.909. The van der Waals surface area contributed by atoms with Gasteiger partial charge in [0, 0.05) is 29.8 Å². The van der Waals surface area contributed by atoms with Crippen molar-refractivity contribution in [1.29, 1.82) is 0 Å². The summed E-state index contributed by atoms with van der Waals surface area (Å²) in [6.45, 7) is 7.97. The summed E-state index contributed by atoms with van der Waals surface area (Å²) in [5.74, 6) is 2.24. The van der Waals surface area contributed by atoms with Gasteiger partial charge in [0.1, 0.15) is 5.82 Å². The van der Waals surface area contributed by atoms with Crippen molar-refractivity contribution < 1.29 is 4.79 Å². The molecule has 1 aromatic heterocycles. The van der Waals surface area contributed by atoms with Gasteiger partial charge in [0.25, 0.3) is 0 Å². The van der Waals surface area contributed by atoms with Gasteiger partial charge in [0.05, 0.1) is 0 Å². The van der Waals surface area contributed by atoms with Gasteiger partial charge in [-0.2, -0.15) is 11.8 Å². The molecule has 1 aromatic rings. The fourth-order valence-electron chi connectivity index (χ4n) is 2.06. The molecule has 19 heavy (non-hydrogen) atoms. The molecule has 1 fully saturated rings. The number of rotatable bonds is 2. The van der Waals surface area contributed by atoms with Gasteiger partial charge in [-0.15, -0.1) is 0 Å². The average molecular weight is 279 g/mol. The summed E-state index contributed by atoms with van der Waals surface area (Å²) in [6.07, 6.45) is 0. The van der Waals surface area contributed by atoms with Crippen molar-refractivity contribution in [1.82, 2.24) is 9.88 Å². The number of amides is 2. The Kier molecular flexibility index (Phi) is 4.69. The van der Waals surface area contributed by atoms with Crippen LogP contribution in [0.2, 0.25) is 0 Å². The van der Waals surface area contributed by atoms with Crippen molar-refractivity contribution in [3.05, 3.63) is 23.9 Å². The predicted octanol–water partition coefficient (Wildman–Crippen LogP) is 3.00. The molecule has 0 aromatic carbocycles. The van der Waals surface area contributed by atoms with E-state index in [2.05, 4.69) is 24.1 Å². The molecule has 2 amide bonds. The number of urea groups is 1. The van der Waals surface area contributed by atoms with E-state index in [0.29, 0.717) is 17.0 Å². The fraction of sp³-hybridized carbons (Fsp3) is 0.571. The molecule has 1 saturated heterocycles. The lowest BCUT2D eigenvalue weighted by atomic mass is 10.1. The van der Waals surface area contributed by atoms with Gasteiger partial charge < -0.3 is 4.90 Å². The van der Waals surface area contributed by atoms with Crippen molar-refractivity contribution >= 4 is 23.6 Å². The molecule has 0 saturated carbocycles. The summed E-state index contributed by atoms with van der Waals surface area (Å²) >= 11 is 1.96. The minimum absolute atomic E-state index is 0.0379. The molecule has 2 rings (SSSR count). The van der Waals surface area contributed by atoms with Crippen LogP contribution < -0.4 is 5.32 Å². The lowest BCUT2D eigenvalue weighted by Crippen LogP contribution is -2.45. The number of carbonyl (C=O) groups is 1. The lowest BCUT2D eigenvalue weighted by molar-refractivity contribution is 0.211. The van der Waals surface area contributed by atoms with Crippen molar-refractivity contribution in [3.8, 4) is 0 Å². The number of aromatic nitrogens is 1. The van der Waals surface area contributed by atoms with Crippen molar-refractivity contribution in [2.24, 2.45) is 5.92 Å². The van der Waals surface area contributed by atoms with E-state index in [4.69, 9.17) is 0 Å². The van der Waals surface area contributed by atoms with E-state index in [0.717, 1.165) is 24.5 Å². The second-order valence-electron chi connectivity index (χ2n) is 5.19. The number of pyridine rings is 1. The largest absolute Gasteiger partial charge is 0.323 e. The third-order valence-electron chi connectivity index (χ3n) is 3.25. The Morgan fingerprint density at radius 3 is 3.00 bits per heavy atom. The SMILES string of the molecule is Cc1cccc(NC(=O)N2CCS[C@H](C(C)C)C2)n1. The van der Waals surface area contributed by atoms with Crippen molar-refractivity contribution in [2.45, 2.75) is 26.0 Å². The Labute approximate surface area is 119 Å². The van der Waals surface area contributed by atoms with Crippen LogP contribution in [0.4, 0.5) is 10.6 Å². The third-order valence-corrected chi connectivity index (χ3v) is 4.79. The first-order valence-corrected chi connectivity index (χ1v) is 7.72.